The monoisotopic (exact) mass is 725 g/mol. The second-order valence-corrected chi connectivity index (χ2v) is 12.2. The second-order valence-electron chi connectivity index (χ2n) is 12.2. The number of hydrogen-bond donors (Lipinski definition) is 0. The van der Waals surface area contributed by atoms with E-state index in [1.165, 1.54) is 24.3 Å². The summed E-state index contributed by atoms with van der Waals surface area (Å²) in [6, 6.07) is 43.6. The van der Waals surface area contributed by atoms with Crippen LogP contribution in [0.25, 0.3) is 0 Å². The Morgan fingerprint density at radius 1 is 0.585 bits per heavy atom. The van der Waals surface area contributed by atoms with Crippen LogP contribution in [-0.2, 0) is 48.2 Å². The van der Waals surface area contributed by atoms with Gasteiger partial charge in [0.05, 0.1) is 37.7 Å². The number of halogens is 3. The maximum atomic E-state index is 14.7. The summed E-state index contributed by atoms with van der Waals surface area (Å²) in [5.41, 5.74) is 2.63. The van der Waals surface area contributed by atoms with Crippen molar-refractivity contribution in [1.29, 1.82) is 0 Å². The topological polar surface area (TPSA) is 84.8 Å². The van der Waals surface area contributed by atoms with Crippen LogP contribution in [0.4, 0.5) is 18.9 Å². The number of benzene rings is 5. The Balaban J connectivity index is 1.39. The van der Waals surface area contributed by atoms with Crippen molar-refractivity contribution in [1.82, 2.24) is 0 Å². The Hall–Kier alpha value is -5.33. The molecule has 0 N–H and O–H groups in total. The minimum atomic E-state index is -5.05. The number of nitrogens with zero attached hydrogens (tertiary/aromatic N) is 1. The van der Waals surface area contributed by atoms with Crippen molar-refractivity contribution in [3.05, 3.63) is 174 Å². The van der Waals surface area contributed by atoms with Gasteiger partial charge in [0.25, 0.3) is 5.90 Å². The van der Waals surface area contributed by atoms with Crippen molar-refractivity contribution in [2.45, 2.75) is 56.7 Å². The normalized spacial score (nSPS) is 20.4. The lowest BCUT2D eigenvalue weighted by Gasteiger charge is -2.45. The van der Waals surface area contributed by atoms with Crippen molar-refractivity contribution in [3.63, 3.8) is 0 Å². The first kappa shape index (κ1) is 37.4. The van der Waals surface area contributed by atoms with Gasteiger partial charge in [0.1, 0.15) is 18.3 Å². The zero-order chi connectivity index (χ0) is 36.9. The first-order chi connectivity index (χ1) is 25.8. The largest absolute Gasteiger partial charge is 0.468 e. The van der Waals surface area contributed by atoms with Crippen LogP contribution in [0.5, 0.6) is 0 Å². The highest BCUT2D eigenvalue weighted by Gasteiger charge is 2.53. The van der Waals surface area contributed by atoms with Crippen LogP contribution in [-0.4, -0.2) is 55.4 Å². The summed E-state index contributed by atoms with van der Waals surface area (Å²) in [7, 11) is 0. The summed E-state index contributed by atoms with van der Waals surface area (Å²) in [6.45, 7) is 0.146. The number of aliphatic imine (C=N–C) groups is 1. The quantitative estimate of drug-likeness (QED) is 0.0644. The molecule has 8 nitrogen and oxygen atoms in total. The average molecular weight is 726 g/mol. The van der Waals surface area contributed by atoms with Crippen LogP contribution >= 0.6 is 0 Å². The van der Waals surface area contributed by atoms with E-state index in [1.54, 1.807) is 36.4 Å². The van der Waals surface area contributed by atoms with Crippen molar-refractivity contribution in [2.75, 3.05) is 6.61 Å². The second kappa shape index (κ2) is 18.4. The first-order valence-corrected chi connectivity index (χ1v) is 17.1. The fourth-order valence-electron chi connectivity index (χ4n) is 5.68. The van der Waals surface area contributed by atoms with E-state index in [2.05, 4.69) is 4.99 Å². The highest BCUT2D eigenvalue weighted by atomic mass is 19.4. The summed E-state index contributed by atoms with van der Waals surface area (Å²) in [5.74, 6) is -2.42. The van der Waals surface area contributed by atoms with E-state index in [0.29, 0.717) is 0 Å². The van der Waals surface area contributed by atoms with Gasteiger partial charge in [0, 0.05) is 0 Å². The zero-order valence-electron chi connectivity index (χ0n) is 28.6. The predicted octanol–water partition coefficient (Wildman–Crippen LogP) is 8.63. The Morgan fingerprint density at radius 3 is 1.58 bits per heavy atom. The van der Waals surface area contributed by atoms with Crippen LogP contribution in [0.2, 0.25) is 0 Å². The molecule has 6 rings (SSSR count). The van der Waals surface area contributed by atoms with Gasteiger partial charge >= 0.3 is 12.1 Å². The number of alkyl halides is 3. The summed E-state index contributed by atoms with van der Waals surface area (Å²) < 4.78 is 81.0. The minimum absolute atomic E-state index is 0.00263. The highest BCUT2D eigenvalue weighted by Crippen LogP contribution is 2.34. The standard InChI is InChI=1S/C42H38F3NO7/c43-42(44,45)41(46-34-24-14-5-15-25-34)53-40-38(52-39(47)33-22-12-4-13-23-33)37(50-28-32-20-10-3-11-21-32)36(49-27-31-18-8-2-9-19-31)35(51-40)29-48-26-30-16-6-1-7-17-30/h1-25,35-38,40H,26-29H2/t35-,36-,37+,38-,40+/m1/s1. The van der Waals surface area contributed by atoms with E-state index in [4.69, 9.17) is 28.4 Å². The van der Waals surface area contributed by atoms with Crippen LogP contribution in [0, 0.1) is 0 Å². The Kier molecular flexibility index (Phi) is 13.0. The molecule has 5 atom stereocenters. The van der Waals surface area contributed by atoms with Crippen molar-refractivity contribution < 1.29 is 46.4 Å². The SMILES string of the molecule is O=C(O[C@H]1[C@H](OC(=Nc2ccccc2)C(F)(F)F)O[C@H](COCc2ccccc2)[C@@H](OCc2ccccc2)[C@@H]1OCc1ccccc1)c1ccccc1. The van der Waals surface area contributed by atoms with Crippen LogP contribution in [0.15, 0.2) is 157 Å². The van der Waals surface area contributed by atoms with Gasteiger partial charge in [0.15, 0.2) is 6.10 Å². The van der Waals surface area contributed by atoms with Gasteiger partial charge in [0.2, 0.25) is 6.29 Å². The molecule has 0 aromatic heterocycles. The predicted molar refractivity (Wildman–Crippen MR) is 191 cm³/mol. The lowest BCUT2D eigenvalue weighted by Crippen LogP contribution is -2.62. The lowest BCUT2D eigenvalue weighted by molar-refractivity contribution is -0.305. The van der Waals surface area contributed by atoms with Gasteiger partial charge in [-0.2, -0.15) is 13.2 Å². The van der Waals surface area contributed by atoms with Crippen molar-refractivity contribution in [3.8, 4) is 0 Å². The third kappa shape index (κ3) is 10.8. The number of ether oxygens (including phenoxy) is 6. The van der Waals surface area contributed by atoms with Gasteiger partial charge in [-0.15, -0.1) is 0 Å². The van der Waals surface area contributed by atoms with Crippen LogP contribution < -0.4 is 0 Å². The summed E-state index contributed by atoms with van der Waals surface area (Å²) in [6.07, 6.45) is -11.7. The Bertz CT molecular complexity index is 1860. The first-order valence-electron chi connectivity index (χ1n) is 17.1. The molecule has 1 aliphatic rings. The smallest absolute Gasteiger partial charge is 0.449 e. The molecule has 0 spiro atoms. The molecule has 0 aliphatic carbocycles. The fourth-order valence-corrected chi connectivity index (χ4v) is 5.68. The number of carbonyl (C=O) groups excluding carboxylic acids is 1. The van der Waals surface area contributed by atoms with E-state index >= 15 is 0 Å². The summed E-state index contributed by atoms with van der Waals surface area (Å²) in [5, 5.41) is 0. The molecule has 0 saturated carbocycles. The van der Waals surface area contributed by atoms with E-state index < -0.39 is 48.7 Å². The van der Waals surface area contributed by atoms with Crippen molar-refractivity contribution >= 4 is 17.6 Å². The minimum Gasteiger partial charge on any atom is -0.449 e. The molecule has 1 aliphatic heterocycles. The van der Waals surface area contributed by atoms with Crippen molar-refractivity contribution in [2.24, 2.45) is 4.99 Å². The molecule has 0 bridgehead atoms. The van der Waals surface area contributed by atoms with Gasteiger partial charge in [-0.25, -0.2) is 9.79 Å². The maximum Gasteiger partial charge on any atom is 0.468 e. The number of hydrogen-bond acceptors (Lipinski definition) is 8. The van der Waals surface area contributed by atoms with Gasteiger partial charge in [-0.3, -0.25) is 0 Å². The molecule has 0 amide bonds. The molecule has 0 unspecified atom stereocenters. The number of esters is 1. The lowest BCUT2D eigenvalue weighted by atomic mass is 9.97. The third-order valence-corrected chi connectivity index (χ3v) is 8.27. The Labute approximate surface area is 305 Å². The zero-order valence-corrected chi connectivity index (χ0v) is 28.6. The molecular weight excluding hydrogens is 687 g/mol. The molecule has 274 valence electrons. The molecule has 53 heavy (non-hydrogen) atoms. The summed E-state index contributed by atoms with van der Waals surface area (Å²) in [4.78, 5) is 17.4. The number of carbonyl (C=O) groups is 1. The van der Waals surface area contributed by atoms with E-state index in [0.717, 1.165) is 16.7 Å². The van der Waals surface area contributed by atoms with E-state index in [1.807, 2.05) is 91.0 Å². The van der Waals surface area contributed by atoms with E-state index in [-0.39, 0.29) is 37.7 Å². The van der Waals surface area contributed by atoms with Crippen LogP contribution in [0.1, 0.15) is 27.0 Å². The highest BCUT2D eigenvalue weighted by molar-refractivity contribution is 5.89. The number of rotatable bonds is 14. The number of para-hydroxylation sites is 1. The van der Waals surface area contributed by atoms with Crippen LogP contribution in [0.3, 0.4) is 0 Å². The van der Waals surface area contributed by atoms with E-state index in [9.17, 15) is 18.0 Å². The van der Waals surface area contributed by atoms with Gasteiger partial charge in [-0.1, -0.05) is 127 Å². The molecule has 0 radical (unpaired) electrons. The Morgan fingerprint density at radius 2 is 1.06 bits per heavy atom. The fraction of sp³-hybridized carbons (Fsp3) is 0.238. The third-order valence-electron chi connectivity index (χ3n) is 8.27. The molecule has 1 fully saturated rings. The molecule has 5 aromatic carbocycles. The molecule has 1 saturated heterocycles. The molecule has 11 heteroatoms. The van der Waals surface area contributed by atoms with Gasteiger partial charge in [-0.05, 0) is 41.0 Å². The average Bonchev–Trinajstić information content (AvgIpc) is 3.19. The molecule has 1 heterocycles. The van der Waals surface area contributed by atoms with Gasteiger partial charge < -0.3 is 28.4 Å². The molecule has 5 aromatic rings. The molecular formula is C42H38F3NO7. The maximum absolute atomic E-state index is 14.7. The summed E-state index contributed by atoms with van der Waals surface area (Å²) >= 11 is 0.